The fraction of sp³-hybridized carbons (Fsp3) is 0.636. The molecule has 0 saturated carbocycles. The fourth-order valence-corrected chi connectivity index (χ4v) is 1.61. The van der Waals surface area contributed by atoms with Gasteiger partial charge in [-0.3, -0.25) is 4.90 Å². The molecule has 0 unspecified atom stereocenters. The Morgan fingerprint density at radius 2 is 2.22 bits per heavy atom. The summed E-state index contributed by atoms with van der Waals surface area (Å²) in [6.45, 7) is 4.43. The molecule has 4 N–H and O–H groups in total. The van der Waals surface area contributed by atoms with Crippen molar-refractivity contribution in [1.29, 1.82) is 0 Å². The third-order valence-electron chi connectivity index (χ3n) is 2.44. The number of nitrogens with two attached hydrogens (primary N) is 1. The van der Waals surface area contributed by atoms with Gasteiger partial charge in [-0.25, -0.2) is 15.8 Å². The lowest BCUT2D eigenvalue weighted by atomic mass is 10.4. The summed E-state index contributed by atoms with van der Waals surface area (Å²) in [5, 5.41) is 9.01. The van der Waals surface area contributed by atoms with Gasteiger partial charge in [0.15, 0.2) is 0 Å². The van der Waals surface area contributed by atoms with Crippen LogP contribution in [0.25, 0.3) is 0 Å². The Bertz CT molecular complexity index is 361. The summed E-state index contributed by atoms with van der Waals surface area (Å²) in [5.41, 5.74) is 3.36. The molecular weight excluding hydrogens is 234 g/mol. The van der Waals surface area contributed by atoms with Crippen molar-refractivity contribution in [3.8, 4) is 0 Å². The van der Waals surface area contributed by atoms with Crippen LogP contribution in [0.4, 0.5) is 5.82 Å². The number of nitrogen functional groups attached to an aromatic ring is 1. The van der Waals surface area contributed by atoms with E-state index < -0.39 is 0 Å². The van der Waals surface area contributed by atoms with Crippen molar-refractivity contribution >= 4 is 5.82 Å². The van der Waals surface area contributed by atoms with Crippen molar-refractivity contribution < 1.29 is 9.84 Å². The fourth-order valence-electron chi connectivity index (χ4n) is 1.61. The van der Waals surface area contributed by atoms with Gasteiger partial charge in [-0.05, 0) is 6.92 Å². The maximum Gasteiger partial charge on any atom is 0.145 e. The predicted octanol–water partition coefficient (Wildman–Crippen LogP) is -0.489. The highest BCUT2D eigenvalue weighted by atomic mass is 16.5. The molecule has 0 radical (unpaired) electrons. The minimum absolute atomic E-state index is 0.0948. The Labute approximate surface area is 107 Å². The van der Waals surface area contributed by atoms with E-state index in [4.69, 9.17) is 15.7 Å². The van der Waals surface area contributed by atoms with Gasteiger partial charge in [0, 0.05) is 32.0 Å². The summed E-state index contributed by atoms with van der Waals surface area (Å²) in [6, 6.07) is 1.77. The van der Waals surface area contributed by atoms with Gasteiger partial charge in [0.2, 0.25) is 0 Å². The SMILES string of the molecule is COCCN(CCO)Cc1nc(C)cc(NN)n1. The Kier molecular flexibility index (Phi) is 6.51. The van der Waals surface area contributed by atoms with Crippen molar-refractivity contribution in [2.24, 2.45) is 5.84 Å². The second-order valence-electron chi connectivity index (χ2n) is 3.95. The quantitative estimate of drug-likeness (QED) is 0.426. The minimum atomic E-state index is 0.0948. The standard InChI is InChI=1S/C11H21N5O2/c1-9-7-10(15-12)14-11(13-9)8-16(3-5-17)4-6-18-2/h7,17H,3-6,8,12H2,1-2H3,(H,13,14,15). The molecule has 0 aromatic carbocycles. The lowest BCUT2D eigenvalue weighted by molar-refractivity contribution is 0.125. The Morgan fingerprint density at radius 3 is 2.83 bits per heavy atom. The van der Waals surface area contributed by atoms with E-state index in [2.05, 4.69) is 15.4 Å². The third-order valence-corrected chi connectivity index (χ3v) is 2.44. The number of aromatic nitrogens is 2. The first-order valence-electron chi connectivity index (χ1n) is 5.83. The number of rotatable bonds is 8. The van der Waals surface area contributed by atoms with Crippen molar-refractivity contribution in [1.82, 2.24) is 14.9 Å². The van der Waals surface area contributed by atoms with E-state index in [1.54, 1.807) is 13.2 Å². The number of anilines is 1. The van der Waals surface area contributed by atoms with Gasteiger partial charge in [-0.2, -0.15) is 0 Å². The van der Waals surface area contributed by atoms with Crippen LogP contribution in [0.1, 0.15) is 11.5 Å². The van der Waals surface area contributed by atoms with Crippen LogP contribution in [-0.4, -0.2) is 53.4 Å². The summed E-state index contributed by atoms with van der Waals surface area (Å²) in [7, 11) is 1.65. The number of hydrogen-bond acceptors (Lipinski definition) is 7. The van der Waals surface area contributed by atoms with Crippen molar-refractivity contribution in [2.45, 2.75) is 13.5 Å². The molecule has 102 valence electrons. The molecule has 1 aromatic heterocycles. The van der Waals surface area contributed by atoms with Crippen LogP contribution in [0.2, 0.25) is 0 Å². The number of aliphatic hydroxyl groups excluding tert-OH is 1. The topological polar surface area (TPSA) is 96.5 Å². The van der Waals surface area contributed by atoms with Gasteiger partial charge in [0.05, 0.1) is 19.8 Å². The number of ether oxygens (including phenoxy) is 1. The molecule has 1 heterocycles. The highest BCUT2D eigenvalue weighted by Gasteiger charge is 2.08. The maximum atomic E-state index is 9.01. The van der Waals surface area contributed by atoms with Crippen molar-refractivity contribution in [2.75, 3.05) is 38.8 Å². The van der Waals surface area contributed by atoms with Crippen LogP contribution in [0.3, 0.4) is 0 Å². The molecule has 0 aliphatic rings. The molecule has 0 atom stereocenters. The molecule has 1 rings (SSSR count). The molecular formula is C11H21N5O2. The summed E-state index contributed by atoms with van der Waals surface area (Å²) in [4.78, 5) is 10.6. The smallest absolute Gasteiger partial charge is 0.145 e. The van der Waals surface area contributed by atoms with Gasteiger partial charge >= 0.3 is 0 Å². The number of nitrogens with zero attached hydrogens (tertiary/aromatic N) is 3. The van der Waals surface area contributed by atoms with Crippen LogP contribution in [-0.2, 0) is 11.3 Å². The number of aliphatic hydroxyl groups is 1. The lowest BCUT2D eigenvalue weighted by Crippen LogP contribution is -2.30. The Balaban J connectivity index is 2.69. The monoisotopic (exact) mass is 255 g/mol. The first kappa shape index (κ1) is 14.8. The minimum Gasteiger partial charge on any atom is -0.395 e. The average molecular weight is 255 g/mol. The maximum absolute atomic E-state index is 9.01. The summed E-state index contributed by atoms with van der Waals surface area (Å²) < 4.78 is 5.03. The highest BCUT2D eigenvalue weighted by molar-refractivity contribution is 5.33. The molecule has 7 heteroatoms. The Morgan fingerprint density at radius 1 is 1.44 bits per heavy atom. The van der Waals surface area contributed by atoms with Crippen LogP contribution in [0.5, 0.6) is 0 Å². The number of hydrazine groups is 1. The van der Waals surface area contributed by atoms with E-state index in [0.717, 1.165) is 12.2 Å². The largest absolute Gasteiger partial charge is 0.395 e. The molecule has 0 aliphatic carbocycles. The van der Waals surface area contributed by atoms with Crippen molar-refractivity contribution in [3.63, 3.8) is 0 Å². The zero-order valence-electron chi connectivity index (χ0n) is 10.9. The van der Waals surface area contributed by atoms with E-state index in [1.807, 2.05) is 11.8 Å². The van der Waals surface area contributed by atoms with E-state index in [9.17, 15) is 0 Å². The molecule has 0 bridgehead atoms. The highest BCUT2D eigenvalue weighted by Crippen LogP contribution is 2.06. The van der Waals surface area contributed by atoms with Gasteiger partial charge in [-0.1, -0.05) is 0 Å². The molecule has 0 spiro atoms. The van der Waals surface area contributed by atoms with Gasteiger partial charge in [0.1, 0.15) is 11.6 Å². The number of nitrogens with one attached hydrogen (secondary N) is 1. The summed E-state index contributed by atoms with van der Waals surface area (Å²) >= 11 is 0. The second kappa shape index (κ2) is 7.93. The number of hydrogen-bond donors (Lipinski definition) is 3. The molecule has 0 fully saturated rings. The summed E-state index contributed by atoms with van der Waals surface area (Å²) in [5.74, 6) is 6.61. The van der Waals surface area contributed by atoms with Gasteiger partial charge < -0.3 is 15.3 Å². The van der Waals surface area contributed by atoms with Gasteiger partial charge in [0.25, 0.3) is 0 Å². The van der Waals surface area contributed by atoms with Crippen LogP contribution < -0.4 is 11.3 Å². The first-order chi connectivity index (χ1) is 8.69. The lowest BCUT2D eigenvalue weighted by Gasteiger charge is -2.20. The average Bonchev–Trinajstić information content (AvgIpc) is 2.35. The molecule has 0 saturated heterocycles. The molecule has 0 aliphatic heterocycles. The first-order valence-corrected chi connectivity index (χ1v) is 5.83. The molecule has 1 aromatic rings. The van der Waals surface area contributed by atoms with E-state index in [-0.39, 0.29) is 6.61 Å². The van der Waals surface area contributed by atoms with E-state index >= 15 is 0 Å². The van der Waals surface area contributed by atoms with Crippen LogP contribution >= 0.6 is 0 Å². The zero-order chi connectivity index (χ0) is 13.4. The van der Waals surface area contributed by atoms with E-state index in [1.165, 1.54) is 0 Å². The number of aryl methyl sites for hydroxylation is 1. The second-order valence-corrected chi connectivity index (χ2v) is 3.95. The summed E-state index contributed by atoms with van der Waals surface area (Å²) in [6.07, 6.45) is 0. The van der Waals surface area contributed by atoms with E-state index in [0.29, 0.717) is 31.3 Å². The third kappa shape index (κ3) is 4.92. The Hall–Kier alpha value is -1.28. The normalized spacial score (nSPS) is 10.9. The van der Waals surface area contributed by atoms with Crippen molar-refractivity contribution in [3.05, 3.63) is 17.6 Å². The molecule has 0 amide bonds. The number of methoxy groups -OCH3 is 1. The van der Waals surface area contributed by atoms with Gasteiger partial charge in [-0.15, -0.1) is 0 Å². The predicted molar refractivity (Wildman–Crippen MR) is 68.8 cm³/mol. The zero-order valence-corrected chi connectivity index (χ0v) is 10.9. The molecule has 18 heavy (non-hydrogen) atoms. The van der Waals surface area contributed by atoms with Crippen LogP contribution in [0, 0.1) is 6.92 Å². The molecule has 7 nitrogen and oxygen atoms in total. The van der Waals surface area contributed by atoms with Crippen LogP contribution in [0.15, 0.2) is 6.07 Å².